The van der Waals surface area contributed by atoms with Gasteiger partial charge in [-0.3, -0.25) is 14.6 Å². The molecule has 0 aromatic heterocycles. The number of carbonyl (C=O) groups excluding carboxylic acids is 1. The van der Waals surface area contributed by atoms with E-state index >= 15 is 0 Å². The molecule has 39 heavy (non-hydrogen) atoms. The summed E-state index contributed by atoms with van der Waals surface area (Å²) in [6.07, 6.45) is 3.86. The average Bonchev–Trinajstić information content (AvgIpc) is 3.14. The van der Waals surface area contributed by atoms with Crippen LogP contribution in [-0.4, -0.2) is 41.8 Å². The van der Waals surface area contributed by atoms with E-state index in [0.717, 1.165) is 67.9 Å². The van der Waals surface area contributed by atoms with E-state index in [1.54, 1.807) is 0 Å². The van der Waals surface area contributed by atoms with Crippen LogP contribution in [0.4, 0.5) is 4.39 Å². The molecule has 2 aliphatic heterocycles. The van der Waals surface area contributed by atoms with Crippen LogP contribution >= 0.6 is 24.8 Å². The second kappa shape index (κ2) is 14.8. The van der Waals surface area contributed by atoms with Crippen LogP contribution in [0.3, 0.4) is 0 Å². The highest BCUT2D eigenvalue weighted by atomic mass is 35.5. The lowest BCUT2D eigenvalue weighted by molar-refractivity contribution is 0.0952. The van der Waals surface area contributed by atoms with Crippen molar-refractivity contribution in [3.8, 4) is 5.75 Å². The average molecular weight is 574 g/mol. The monoisotopic (exact) mass is 572 g/mol. The third-order valence-corrected chi connectivity index (χ3v) is 8.02. The third kappa shape index (κ3) is 8.28. The minimum atomic E-state index is -0.219. The zero-order valence-corrected chi connectivity index (χ0v) is 24.2. The summed E-state index contributed by atoms with van der Waals surface area (Å²) in [6.45, 7) is 7.31. The summed E-state index contributed by atoms with van der Waals surface area (Å²) >= 11 is 0. The number of hydrogen-bond donors (Lipinski definition) is 0. The highest BCUT2D eigenvalue weighted by molar-refractivity contribution is 5.96. The van der Waals surface area contributed by atoms with Crippen LogP contribution in [0.25, 0.3) is 0 Å². The van der Waals surface area contributed by atoms with Crippen LogP contribution in [0.1, 0.15) is 65.7 Å². The Balaban J connectivity index is 0.00000210. The van der Waals surface area contributed by atoms with Gasteiger partial charge in [-0.05, 0) is 86.7 Å². The van der Waals surface area contributed by atoms with E-state index in [0.29, 0.717) is 31.5 Å². The molecule has 210 valence electrons. The molecule has 0 radical (unpaired) electrons. The number of piperidine rings is 1. The van der Waals surface area contributed by atoms with E-state index in [1.165, 1.54) is 17.7 Å². The number of rotatable bonds is 8. The van der Waals surface area contributed by atoms with E-state index in [4.69, 9.17) is 4.74 Å². The van der Waals surface area contributed by atoms with Crippen molar-refractivity contribution in [3.05, 3.63) is 101 Å². The standard InChI is InChI=1S/C32H37FN2O2.2ClH/c1-24(27-5-3-2-4-6-27)35-17-15-25(16-18-35)9-13-31(36)28-10-14-32-29(21-28)23-34(19-20-37-32)22-26-7-11-30(33)12-8-26;;/h2-8,10-12,14,21,24-25H,9,13,15-20,22-23H2,1H3;2*1H. The number of likely N-dealkylation sites (tertiary alicyclic amines) is 1. The SMILES string of the molecule is CC(c1ccccc1)N1CCC(CCC(=O)c2ccc3c(c2)CN(Cc2ccc(F)cc2)CCO3)CC1.Cl.Cl. The number of benzene rings is 3. The molecule has 1 saturated heterocycles. The van der Waals surface area contributed by atoms with Gasteiger partial charge in [0.05, 0.1) is 0 Å². The first-order valence-electron chi connectivity index (χ1n) is 13.6. The predicted molar refractivity (Wildman–Crippen MR) is 160 cm³/mol. The second-order valence-electron chi connectivity index (χ2n) is 10.5. The minimum absolute atomic E-state index is 0. The number of ketones is 1. The maximum absolute atomic E-state index is 13.3. The molecule has 3 aromatic rings. The van der Waals surface area contributed by atoms with Crippen LogP contribution in [0.5, 0.6) is 5.75 Å². The smallest absolute Gasteiger partial charge is 0.162 e. The zero-order valence-electron chi connectivity index (χ0n) is 22.6. The Morgan fingerprint density at radius 1 is 0.974 bits per heavy atom. The van der Waals surface area contributed by atoms with Gasteiger partial charge >= 0.3 is 0 Å². The molecule has 3 aromatic carbocycles. The Hall–Kier alpha value is -2.44. The molecular formula is C32H39Cl2FN2O2. The van der Waals surface area contributed by atoms with Gasteiger partial charge in [-0.15, -0.1) is 24.8 Å². The summed E-state index contributed by atoms with van der Waals surface area (Å²) in [7, 11) is 0. The Morgan fingerprint density at radius 3 is 2.41 bits per heavy atom. The Morgan fingerprint density at radius 2 is 1.69 bits per heavy atom. The summed E-state index contributed by atoms with van der Waals surface area (Å²) in [4.78, 5) is 18.0. The summed E-state index contributed by atoms with van der Waals surface area (Å²) in [5, 5.41) is 0. The lowest BCUT2D eigenvalue weighted by Crippen LogP contribution is -2.35. The molecule has 0 bridgehead atoms. The van der Waals surface area contributed by atoms with Crippen molar-refractivity contribution in [2.24, 2.45) is 5.92 Å². The van der Waals surface area contributed by atoms with E-state index in [9.17, 15) is 9.18 Å². The zero-order chi connectivity index (χ0) is 25.6. The van der Waals surface area contributed by atoms with E-state index in [2.05, 4.69) is 47.1 Å². The molecule has 2 heterocycles. The van der Waals surface area contributed by atoms with Gasteiger partial charge in [0.2, 0.25) is 0 Å². The minimum Gasteiger partial charge on any atom is -0.492 e. The topological polar surface area (TPSA) is 32.8 Å². The van der Waals surface area contributed by atoms with Crippen molar-refractivity contribution in [1.82, 2.24) is 9.80 Å². The number of Topliss-reactive ketones (excluding diaryl/α,β-unsaturated/α-hetero) is 1. The van der Waals surface area contributed by atoms with Gasteiger partial charge in [-0.2, -0.15) is 0 Å². The summed E-state index contributed by atoms with van der Waals surface area (Å²) in [6, 6.07) is 23.7. The van der Waals surface area contributed by atoms with Crippen LogP contribution in [0.15, 0.2) is 72.8 Å². The quantitative estimate of drug-likeness (QED) is 0.261. The Kier molecular flexibility index (Phi) is 11.8. The first kappa shape index (κ1) is 31.1. The molecule has 7 heteroatoms. The van der Waals surface area contributed by atoms with E-state index in [1.807, 2.05) is 30.3 Å². The number of fused-ring (bicyclic) bond motifs is 1. The first-order valence-corrected chi connectivity index (χ1v) is 13.6. The van der Waals surface area contributed by atoms with Gasteiger partial charge in [0.1, 0.15) is 18.2 Å². The molecule has 5 rings (SSSR count). The van der Waals surface area contributed by atoms with Crippen molar-refractivity contribution >= 4 is 30.6 Å². The van der Waals surface area contributed by atoms with Crippen molar-refractivity contribution in [2.45, 2.75) is 51.7 Å². The summed E-state index contributed by atoms with van der Waals surface area (Å²) in [5.41, 5.74) is 4.27. The fourth-order valence-electron chi connectivity index (χ4n) is 5.66. The molecule has 1 fully saturated rings. The predicted octanol–water partition coefficient (Wildman–Crippen LogP) is 7.50. The number of hydrogen-bond acceptors (Lipinski definition) is 4. The molecule has 1 atom stereocenters. The Labute approximate surface area is 244 Å². The normalized spacial score (nSPS) is 17.1. The maximum atomic E-state index is 13.3. The van der Waals surface area contributed by atoms with Crippen molar-refractivity contribution in [2.75, 3.05) is 26.2 Å². The number of halogens is 3. The molecule has 0 N–H and O–H groups in total. The largest absolute Gasteiger partial charge is 0.492 e. The van der Waals surface area contributed by atoms with Gasteiger partial charge in [-0.25, -0.2) is 4.39 Å². The molecular weight excluding hydrogens is 534 g/mol. The molecule has 0 saturated carbocycles. The van der Waals surface area contributed by atoms with Gasteiger partial charge in [0.15, 0.2) is 5.78 Å². The number of nitrogens with zero attached hydrogens (tertiary/aromatic N) is 2. The van der Waals surface area contributed by atoms with Crippen LogP contribution < -0.4 is 4.74 Å². The molecule has 0 aliphatic carbocycles. The van der Waals surface area contributed by atoms with Crippen LogP contribution in [0, 0.1) is 11.7 Å². The van der Waals surface area contributed by atoms with E-state index < -0.39 is 0 Å². The maximum Gasteiger partial charge on any atom is 0.162 e. The number of carbonyl (C=O) groups is 1. The Bertz CT molecular complexity index is 1180. The van der Waals surface area contributed by atoms with Gasteiger partial charge < -0.3 is 4.74 Å². The highest BCUT2D eigenvalue weighted by Crippen LogP contribution is 2.30. The van der Waals surface area contributed by atoms with Crippen molar-refractivity contribution in [1.29, 1.82) is 0 Å². The molecule has 2 aliphatic rings. The van der Waals surface area contributed by atoms with Crippen molar-refractivity contribution < 1.29 is 13.9 Å². The van der Waals surface area contributed by atoms with Crippen LogP contribution in [-0.2, 0) is 13.1 Å². The fraction of sp³-hybridized carbons (Fsp3) is 0.406. The van der Waals surface area contributed by atoms with Crippen molar-refractivity contribution in [3.63, 3.8) is 0 Å². The summed E-state index contributed by atoms with van der Waals surface area (Å²) in [5.74, 6) is 1.47. The molecule has 4 nitrogen and oxygen atoms in total. The number of ether oxygens (including phenoxy) is 1. The highest BCUT2D eigenvalue weighted by Gasteiger charge is 2.24. The first-order chi connectivity index (χ1) is 18.0. The third-order valence-electron chi connectivity index (χ3n) is 8.02. The van der Waals surface area contributed by atoms with Gasteiger partial charge in [0, 0.05) is 43.2 Å². The van der Waals surface area contributed by atoms with Crippen LogP contribution in [0.2, 0.25) is 0 Å². The molecule has 1 unspecified atom stereocenters. The van der Waals surface area contributed by atoms with Gasteiger partial charge in [0.25, 0.3) is 0 Å². The van der Waals surface area contributed by atoms with Gasteiger partial charge in [-0.1, -0.05) is 42.5 Å². The molecule has 0 amide bonds. The lowest BCUT2D eigenvalue weighted by Gasteiger charge is -2.36. The lowest BCUT2D eigenvalue weighted by atomic mass is 9.89. The fourth-order valence-corrected chi connectivity index (χ4v) is 5.66. The van der Waals surface area contributed by atoms with E-state index in [-0.39, 0.29) is 36.4 Å². The summed E-state index contributed by atoms with van der Waals surface area (Å²) < 4.78 is 19.2. The molecule has 0 spiro atoms. The second-order valence-corrected chi connectivity index (χ2v) is 10.5.